The molecule has 1 saturated heterocycles. The Morgan fingerprint density at radius 1 is 1.26 bits per heavy atom. The molecular formula is C21H26N4O2. The molecule has 1 unspecified atom stereocenters. The van der Waals surface area contributed by atoms with Crippen LogP contribution in [0, 0.1) is 27.7 Å². The number of amides is 1. The highest BCUT2D eigenvalue weighted by Crippen LogP contribution is 2.32. The Balaban J connectivity index is 1.65. The van der Waals surface area contributed by atoms with Gasteiger partial charge < -0.3 is 14.4 Å². The van der Waals surface area contributed by atoms with Crippen LogP contribution in [0.5, 0.6) is 0 Å². The maximum absolute atomic E-state index is 13.2. The number of carbonyl (C=O) groups is 1. The van der Waals surface area contributed by atoms with Crippen molar-refractivity contribution >= 4 is 16.8 Å². The van der Waals surface area contributed by atoms with Crippen molar-refractivity contribution in [3.05, 3.63) is 46.2 Å². The van der Waals surface area contributed by atoms with Crippen LogP contribution in [0.1, 0.15) is 59.4 Å². The first-order valence-corrected chi connectivity index (χ1v) is 9.62. The predicted octanol–water partition coefficient (Wildman–Crippen LogP) is 4.08. The molecule has 0 spiro atoms. The zero-order valence-electron chi connectivity index (χ0n) is 16.4. The molecular weight excluding hydrogens is 340 g/mol. The quantitative estimate of drug-likeness (QED) is 0.758. The normalized spacial score (nSPS) is 17.6. The minimum absolute atomic E-state index is 0.110. The van der Waals surface area contributed by atoms with Gasteiger partial charge in [-0.05, 0) is 64.2 Å². The topological polar surface area (TPSA) is 75.0 Å². The molecule has 1 aliphatic heterocycles. The van der Waals surface area contributed by atoms with Crippen molar-refractivity contribution in [2.24, 2.45) is 0 Å². The van der Waals surface area contributed by atoms with Crippen LogP contribution in [0.25, 0.3) is 10.9 Å². The van der Waals surface area contributed by atoms with E-state index in [4.69, 9.17) is 4.52 Å². The van der Waals surface area contributed by atoms with E-state index in [1.807, 2.05) is 18.7 Å². The highest BCUT2D eigenvalue weighted by Gasteiger charge is 2.32. The number of rotatable bonds is 3. The van der Waals surface area contributed by atoms with Gasteiger partial charge >= 0.3 is 0 Å². The molecule has 6 heteroatoms. The molecule has 1 aromatic carbocycles. The van der Waals surface area contributed by atoms with Crippen LogP contribution in [0.2, 0.25) is 0 Å². The van der Waals surface area contributed by atoms with Crippen molar-refractivity contribution < 1.29 is 9.32 Å². The number of aromatic amines is 1. The number of likely N-dealkylation sites (tertiary alicyclic amines) is 1. The summed E-state index contributed by atoms with van der Waals surface area (Å²) in [5.74, 6) is 1.29. The number of H-pyrrole nitrogens is 1. The lowest BCUT2D eigenvalue weighted by atomic mass is 9.99. The molecule has 4 rings (SSSR count). The van der Waals surface area contributed by atoms with Gasteiger partial charge in [0.15, 0.2) is 5.82 Å². The number of aromatic nitrogens is 3. The van der Waals surface area contributed by atoms with Gasteiger partial charge in [0.2, 0.25) is 11.8 Å². The Labute approximate surface area is 158 Å². The molecule has 0 radical (unpaired) electrons. The van der Waals surface area contributed by atoms with Crippen molar-refractivity contribution in [1.82, 2.24) is 20.0 Å². The van der Waals surface area contributed by atoms with Gasteiger partial charge in [0.1, 0.15) is 6.04 Å². The van der Waals surface area contributed by atoms with Crippen molar-refractivity contribution in [2.75, 3.05) is 6.54 Å². The zero-order chi connectivity index (χ0) is 19.1. The second kappa shape index (κ2) is 6.83. The van der Waals surface area contributed by atoms with E-state index in [1.54, 1.807) is 0 Å². The first-order valence-electron chi connectivity index (χ1n) is 9.62. The summed E-state index contributed by atoms with van der Waals surface area (Å²) >= 11 is 0. The molecule has 1 aliphatic rings. The third-order valence-corrected chi connectivity index (χ3v) is 5.55. The van der Waals surface area contributed by atoms with E-state index >= 15 is 0 Å². The van der Waals surface area contributed by atoms with Gasteiger partial charge in [-0.25, -0.2) is 0 Å². The van der Waals surface area contributed by atoms with Gasteiger partial charge in [-0.1, -0.05) is 16.8 Å². The third kappa shape index (κ3) is 3.24. The monoisotopic (exact) mass is 366 g/mol. The fraction of sp³-hybridized carbons (Fsp3) is 0.476. The van der Waals surface area contributed by atoms with Gasteiger partial charge in [-0.3, -0.25) is 4.79 Å². The Morgan fingerprint density at radius 3 is 2.81 bits per heavy atom. The van der Waals surface area contributed by atoms with Crippen LogP contribution < -0.4 is 0 Å². The maximum Gasteiger partial charge on any atom is 0.249 e. The van der Waals surface area contributed by atoms with Crippen LogP contribution in [0.4, 0.5) is 0 Å². The molecule has 1 atom stereocenters. The van der Waals surface area contributed by atoms with E-state index in [0.29, 0.717) is 18.1 Å². The largest absolute Gasteiger partial charge is 0.358 e. The standard InChI is InChI=1S/C21H26N4O2/c1-12-9-13(2)20-17(10-12)16(14(3)22-20)11-19(26)25-8-6-5-7-18(25)21-23-15(4)24-27-21/h9-10,18,22H,5-8,11H2,1-4H3. The number of hydrogen-bond acceptors (Lipinski definition) is 4. The van der Waals surface area contributed by atoms with E-state index in [9.17, 15) is 4.79 Å². The molecule has 1 N–H and O–H groups in total. The summed E-state index contributed by atoms with van der Waals surface area (Å²) in [7, 11) is 0. The first-order chi connectivity index (χ1) is 12.9. The number of piperidine rings is 1. The summed E-state index contributed by atoms with van der Waals surface area (Å²) in [5, 5.41) is 5.06. The molecule has 1 amide bonds. The minimum Gasteiger partial charge on any atom is -0.358 e. The van der Waals surface area contributed by atoms with E-state index in [0.717, 1.165) is 48.0 Å². The molecule has 0 bridgehead atoms. The predicted molar refractivity (Wildman–Crippen MR) is 104 cm³/mol. The summed E-state index contributed by atoms with van der Waals surface area (Å²) in [6.45, 7) is 8.80. The van der Waals surface area contributed by atoms with Gasteiger partial charge in [0.05, 0.1) is 6.42 Å². The van der Waals surface area contributed by atoms with Crippen molar-refractivity contribution in [3.63, 3.8) is 0 Å². The molecule has 2 aromatic heterocycles. The lowest BCUT2D eigenvalue weighted by Gasteiger charge is -2.33. The average Bonchev–Trinajstić information content (AvgIpc) is 3.20. The Hall–Kier alpha value is -2.63. The molecule has 0 aliphatic carbocycles. The summed E-state index contributed by atoms with van der Waals surface area (Å²) < 4.78 is 5.38. The molecule has 27 heavy (non-hydrogen) atoms. The Morgan fingerprint density at radius 2 is 2.07 bits per heavy atom. The van der Waals surface area contributed by atoms with Crippen LogP contribution in [0.3, 0.4) is 0 Å². The second-order valence-corrected chi connectivity index (χ2v) is 7.69. The zero-order valence-corrected chi connectivity index (χ0v) is 16.4. The Kier molecular flexibility index (Phi) is 4.50. The van der Waals surface area contributed by atoms with E-state index < -0.39 is 0 Å². The maximum atomic E-state index is 13.2. The molecule has 6 nitrogen and oxygen atoms in total. The van der Waals surface area contributed by atoms with Gasteiger partial charge in [-0.15, -0.1) is 0 Å². The highest BCUT2D eigenvalue weighted by atomic mass is 16.5. The van der Waals surface area contributed by atoms with Crippen LogP contribution >= 0.6 is 0 Å². The van der Waals surface area contributed by atoms with Gasteiger partial charge in [0.25, 0.3) is 0 Å². The molecule has 3 aromatic rings. The van der Waals surface area contributed by atoms with Crippen LogP contribution in [-0.4, -0.2) is 32.5 Å². The summed E-state index contributed by atoms with van der Waals surface area (Å²) in [6.07, 6.45) is 3.34. The van der Waals surface area contributed by atoms with Crippen LogP contribution in [-0.2, 0) is 11.2 Å². The second-order valence-electron chi connectivity index (χ2n) is 7.69. The summed E-state index contributed by atoms with van der Waals surface area (Å²) in [5.41, 5.74) is 5.71. The smallest absolute Gasteiger partial charge is 0.249 e. The van der Waals surface area contributed by atoms with E-state index in [2.05, 4.69) is 41.1 Å². The Bertz CT molecular complexity index is 1000. The number of aryl methyl sites for hydroxylation is 4. The number of nitrogens with zero attached hydrogens (tertiary/aromatic N) is 3. The fourth-order valence-corrected chi connectivity index (χ4v) is 4.25. The van der Waals surface area contributed by atoms with E-state index in [1.165, 1.54) is 11.1 Å². The van der Waals surface area contributed by atoms with Gasteiger partial charge in [0, 0.05) is 23.1 Å². The number of hydrogen-bond donors (Lipinski definition) is 1. The molecule has 3 heterocycles. The van der Waals surface area contributed by atoms with Crippen LogP contribution in [0.15, 0.2) is 16.7 Å². The number of nitrogens with one attached hydrogen (secondary N) is 1. The lowest BCUT2D eigenvalue weighted by molar-refractivity contribution is -0.135. The molecule has 142 valence electrons. The van der Waals surface area contributed by atoms with Crippen molar-refractivity contribution in [2.45, 2.75) is 59.4 Å². The minimum atomic E-state index is -0.110. The van der Waals surface area contributed by atoms with Crippen molar-refractivity contribution in [1.29, 1.82) is 0 Å². The molecule has 0 saturated carbocycles. The van der Waals surface area contributed by atoms with E-state index in [-0.39, 0.29) is 11.9 Å². The highest BCUT2D eigenvalue weighted by molar-refractivity contribution is 5.92. The first kappa shape index (κ1) is 17.8. The summed E-state index contributed by atoms with van der Waals surface area (Å²) in [6, 6.07) is 4.23. The van der Waals surface area contributed by atoms with Crippen molar-refractivity contribution in [3.8, 4) is 0 Å². The van der Waals surface area contributed by atoms with Gasteiger partial charge in [-0.2, -0.15) is 4.98 Å². The average molecular weight is 366 g/mol. The lowest BCUT2D eigenvalue weighted by Crippen LogP contribution is -2.39. The SMILES string of the molecule is Cc1cc(C)c2[nH]c(C)c(CC(=O)N3CCCCC3c3nc(C)no3)c2c1. The number of benzene rings is 1. The number of fused-ring (bicyclic) bond motifs is 1. The molecule has 1 fully saturated rings. The fourth-order valence-electron chi connectivity index (χ4n) is 4.25. The third-order valence-electron chi connectivity index (χ3n) is 5.55. The summed E-state index contributed by atoms with van der Waals surface area (Å²) in [4.78, 5) is 23.0. The number of carbonyl (C=O) groups excluding carboxylic acids is 1.